The van der Waals surface area contributed by atoms with Crippen LogP contribution in [0.5, 0.6) is 0 Å². The van der Waals surface area contributed by atoms with Gasteiger partial charge in [-0.15, -0.1) is 0 Å². The Morgan fingerprint density at radius 2 is 2.16 bits per heavy atom. The lowest BCUT2D eigenvalue weighted by Gasteiger charge is -2.26. The van der Waals surface area contributed by atoms with Crippen LogP contribution in [0.4, 0.5) is 11.4 Å². The molecule has 0 aromatic heterocycles. The number of benzene rings is 1. The molecule has 0 bridgehead atoms. The van der Waals surface area contributed by atoms with Crippen LogP contribution in [0.3, 0.4) is 0 Å². The van der Waals surface area contributed by atoms with Crippen LogP contribution in [0.15, 0.2) is 18.2 Å². The van der Waals surface area contributed by atoms with Gasteiger partial charge in [0.05, 0.1) is 17.9 Å². The van der Waals surface area contributed by atoms with Gasteiger partial charge in [-0.2, -0.15) is 5.26 Å². The molecular weight excluding hydrogens is 238 g/mol. The lowest BCUT2D eigenvalue weighted by atomic mass is 9.95. The van der Waals surface area contributed by atoms with Crippen molar-refractivity contribution in [3.63, 3.8) is 0 Å². The number of nitriles is 1. The molecule has 1 amide bonds. The second-order valence-corrected chi connectivity index (χ2v) is 5.79. The summed E-state index contributed by atoms with van der Waals surface area (Å²) in [7, 11) is 3.78. The summed E-state index contributed by atoms with van der Waals surface area (Å²) in [5.74, 6) is 0.132. The summed E-state index contributed by atoms with van der Waals surface area (Å²) < 4.78 is 0. The predicted molar refractivity (Wildman–Crippen MR) is 76.2 cm³/mol. The van der Waals surface area contributed by atoms with E-state index in [2.05, 4.69) is 11.0 Å². The minimum Gasteiger partial charge on any atom is -0.373 e. The summed E-state index contributed by atoms with van der Waals surface area (Å²) in [6, 6.07) is 8.33. The quantitative estimate of drug-likeness (QED) is 0.834. The molecule has 1 heterocycles. The second kappa shape index (κ2) is 4.58. The maximum atomic E-state index is 11.7. The van der Waals surface area contributed by atoms with Crippen LogP contribution in [-0.4, -0.2) is 26.5 Å². The molecule has 0 radical (unpaired) electrons. The van der Waals surface area contributed by atoms with Gasteiger partial charge < -0.3 is 9.80 Å². The van der Waals surface area contributed by atoms with E-state index in [1.807, 2.05) is 39.1 Å². The molecule has 0 atom stereocenters. The molecule has 4 heteroatoms. The van der Waals surface area contributed by atoms with Crippen LogP contribution in [0, 0.1) is 16.7 Å². The average molecular weight is 257 g/mol. The van der Waals surface area contributed by atoms with E-state index in [4.69, 9.17) is 5.26 Å². The summed E-state index contributed by atoms with van der Waals surface area (Å²) in [6.45, 7) is 4.51. The van der Waals surface area contributed by atoms with E-state index in [1.54, 1.807) is 11.9 Å². The highest BCUT2D eigenvalue weighted by atomic mass is 16.2. The average Bonchev–Trinajstić information content (AvgIpc) is 2.64. The molecule has 1 aromatic rings. The van der Waals surface area contributed by atoms with Crippen LogP contribution >= 0.6 is 0 Å². The Hall–Kier alpha value is -2.02. The topological polar surface area (TPSA) is 47.3 Å². The van der Waals surface area contributed by atoms with Crippen LogP contribution in [0.25, 0.3) is 0 Å². The highest BCUT2D eigenvalue weighted by molar-refractivity contribution is 6.01. The third-order valence-corrected chi connectivity index (χ3v) is 3.52. The first-order valence-electron chi connectivity index (χ1n) is 6.36. The van der Waals surface area contributed by atoms with E-state index >= 15 is 0 Å². The fourth-order valence-corrected chi connectivity index (χ4v) is 2.41. The molecule has 1 aromatic carbocycles. The minimum atomic E-state index is -0.389. The number of carbonyl (C=O) groups excluding carboxylic acids is 1. The standard InChI is InChI=1S/C15H19N3O/c1-15(2,9-16)10-17(3)12-5-6-13-11(7-12)8-14(19)18(13)4/h5-7H,8,10H2,1-4H3. The highest BCUT2D eigenvalue weighted by Gasteiger charge is 2.25. The zero-order valence-electron chi connectivity index (χ0n) is 11.9. The largest absolute Gasteiger partial charge is 0.373 e. The van der Waals surface area contributed by atoms with Crippen molar-refractivity contribution in [2.45, 2.75) is 20.3 Å². The summed E-state index contributed by atoms with van der Waals surface area (Å²) >= 11 is 0. The van der Waals surface area contributed by atoms with Crippen LogP contribution < -0.4 is 9.80 Å². The Kier molecular flexibility index (Phi) is 3.23. The summed E-state index contributed by atoms with van der Waals surface area (Å²) in [5, 5.41) is 9.09. The van der Waals surface area contributed by atoms with Crippen LogP contribution in [0.2, 0.25) is 0 Å². The Morgan fingerprint density at radius 3 is 2.79 bits per heavy atom. The van der Waals surface area contributed by atoms with Crippen molar-refractivity contribution in [2.75, 3.05) is 30.4 Å². The zero-order chi connectivity index (χ0) is 14.2. The van der Waals surface area contributed by atoms with E-state index < -0.39 is 0 Å². The van der Waals surface area contributed by atoms with Crippen molar-refractivity contribution in [3.05, 3.63) is 23.8 Å². The molecule has 0 saturated heterocycles. The van der Waals surface area contributed by atoms with Gasteiger partial charge in [-0.05, 0) is 37.6 Å². The summed E-state index contributed by atoms with van der Waals surface area (Å²) in [4.78, 5) is 15.4. The van der Waals surface area contributed by atoms with E-state index in [0.29, 0.717) is 13.0 Å². The van der Waals surface area contributed by atoms with Crippen molar-refractivity contribution >= 4 is 17.3 Å². The third-order valence-electron chi connectivity index (χ3n) is 3.52. The van der Waals surface area contributed by atoms with E-state index in [0.717, 1.165) is 16.9 Å². The molecule has 0 aliphatic carbocycles. The van der Waals surface area contributed by atoms with Crippen molar-refractivity contribution in [1.82, 2.24) is 0 Å². The summed E-state index contributed by atoms with van der Waals surface area (Å²) in [6.07, 6.45) is 0.467. The fraction of sp³-hybridized carbons (Fsp3) is 0.467. The number of fused-ring (bicyclic) bond motifs is 1. The molecule has 0 saturated carbocycles. The Bertz CT molecular complexity index is 557. The van der Waals surface area contributed by atoms with Gasteiger partial charge in [0.1, 0.15) is 0 Å². The van der Waals surface area contributed by atoms with E-state index in [9.17, 15) is 4.79 Å². The Labute approximate surface area is 114 Å². The Morgan fingerprint density at radius 1 is 1.47 bits per heavy atom. The molecule has 2 rings (SSSR count). The minimum absolute atomic E-state index is 0.132. The highest BCUT2D eigenvalue weighted by Crippen LogP contribution is 2.31. The van der Waals surface area contributed by atoms with Gasteiger partial charge in [0.2, 0.25) is 5.91 Å². The molecule has 0 fully saturated rings. The molecule has 19 heavy (non-hydrogen) atoms. The lowest BCUT2D eigenvalue weighted by molar-refractivity contribution is -0.117. The van der Waals surface area contributed by atoms with Crippen LogP contribution in [-0.2, 0) is 11.2 Å². The molecule has 0 spiro atoms. The molecule has 4 nitrogen and oxygen atoms in total. The number of anilines is 2. The van der Waals surface area contributed by atoms with Gasteiger partial charge in [-0.25, -0.2) is 0 Å². The fourth-order valence-electron chi connectivity index (χ4n) is 2.41. The third kappa shape index (κ3) is 2.55. The second-order valence-electron chi connectivity index (χ2n) is 5.79. The Balaban J connectivity index is 2.23. The predicted octanol–water partition coefficient (Wildman–Crippen LogP) is 2.19. The number of likely N-dealkylation sites (N-methyl/N-ethyl adjacent to an activating group) is 1. The number of carbonyl (C=O) groups is 1. The lowest BCUT2D eigenvalue weighted by Crippen LogP contribution is -2.30. The number of amides is 1. The smallest absolute Gasteiger partial charge is 0.231 e. The maximum absolute atomic E-state index is 11.7. The number of hydrogen-bond acceptors (Lipinski definition) is 3. The molecular formula is C15H19N3O. The monoisotopic (exact) mass is 257 g/mol. The first-order valence-corrected chi connectivity index (χ1v) is 6.36. The molecule has 100 valence electrons. The SMILES string of the molecule is CN(CC(C)(C)C#N)c1ccc2c(c1)CC(=O)N2C. The normalized spacial score (nSPS) is 14.3. The van der Waals surface area contributed by atoms with Gasteiger partial charge in [0.15, 0.2) is 0 Å². The summed E-state index contributed by atoms with van der Waals surface area (Å²) in [5.41, 5.74) is 2.71. The van der Waals surface area contributed by atoms with Crippen LogP contribution in [0.1, 0.15) is 19.4 Å². The molecule has 1 aliphatic heterocycles. The van der Waals surface area contributed by atoms with Gasteiger partial charge >= 0.3 is 0 Å². The van der Waals surface area contributed by atoms with Crippen molar-refractivity contribution in [1.29, 1.82) is 5.26 Å². The molecule has 1 aliphatic rings. The van der Waals surface area contributed by atoms with E-state index in [-0.39, 0.29) is 11.3 Å². The number of nitrogens with zero attached hydrogens (tertiary/aromatic N) is 3. The number of hydrogen-bond donors (Lipinski definition) is 0. The van der Waals surface area contributed by atoms with Crippen molar-refractivity contribution in [2.24, 2.45) is 5.41 Å². The maximum Gasteiger partial charge on any atom is 0.231 e. The molecule has 0 unspecified atom stereocenters. The first kappa shape index (κ1) is 13.4. The van der Waals surface area contributed by atoms with Gasteiger partial charge in [0, 0.05) is 32.0 Å². The van der Waals surface area contributed by atoms with Gasteiger partial charge in [-0.3, -0.25) is 4.79 Å². The molecule has 0 N–H and O–H groups in total. The first-order chi connectivity index (χ1) is 8.84. The number of rotatable bonds is 3. The van der Waals surface area contributed by atoms with Gasteiger partial charge in [0.25, 0.3) is 0 Å². The van der Waals surface area contributed by atoms with Crippen molar-refractivity contribution in [3.8, 4) is 6.07 Å². The van der Waals surface area contributed by atoms with Gasteiger partial charge in [-0.1, -0.05) is 0 Å². The van der Waals surface area contributed by atoms with Crippen molar-refractivity contribution < 1.29 is 4.79 Å². The zero-order valence-corrected chi connectivity index (χ0v) is 11.9. The van der Waals surface area contributed by atoms with E-state index in [1.165, 1.54) is 0 Å².